The molecule has 0 aliphatic carbocycles. The predicted octanol–water partition coefficient (Wildman–Crippen LogP) is 1.75. The van der Waals surface area contributed by atoms with Gasteiger partial charge < -0.3 is 5.32 Å². The van der Waals surface area contributed by atoms with Crippen molar-refractivity contribution in [2.24, 2.45) is 7.05 Å². The highest BCUT2D eigenvalue weighted by Gasteiger charge is 2.06. The molecule has 0 saturated heterocycles. The number of nitrogens with one attached hydrogen (secondary N) is 1. The van der Waals surface area contributed by atoms with Crippen molar-refractivity contribution >= 4 is 17.3 Å². The third-order valence-corrected chi connectivity index (χ3v) is 2.85. The molecule has 0 amide bonds. The molecule has 18 heavy (non-hydrogen) atoms. The molecule has 0 aliphatic heterocycles. The fraction of sp³-hybridized carbons (Fsp3) is 0.250. The van der Waals surface area contributed by atoms with Crippen molar-refractivity contribution in [3.05, 3.63) is 51.2 Å². The molecule has 0 aliphatic rings. The highest BCUT2D eigenvalue weighted by Crippen LogP contribution is 2.15. The molecule has 2 rings (SSSR count). The number of halogens is 1. The second kappa shape index (κ2) is 5.18. The number of anilines is 1. The molecule has 0 saturated carbocycles. The van der Waals surface area contributed by atoms with E-state index in [4.69, 9.17) is 11.6 Å². The first-order valence-electron chi connectivity index (χ1n) is 5.46. The molecular formula is C12H13ClN4O. The van der Waals surface area contributed by atoms with E-state index in [1.165, 1.54) is 10.9 Å². The molecule has 0 spiro atoms. The maximum atomic E-state index is 11.6. The average molecular weight is 265 g/mol. The Labute approximate surface area is 109 Å². The van der Waals surface area contributed by atoms with Crippen LogP contribution in [-0.2, 0) is 13.6 Å². The van der Waals surface area contributed by atoms with Crippen LogP contribution in [0.25, 0.3) is 0 Å². The molecule has 6 heteroatoms. The van der Waals surface area contributed by atoms with E-state index in [9.17, 15) is 4.79 Å². The summed E-state index contributed by atoms with van der Waals surface area (Å²) in [6.07, 6.45) is 1.53. The minimum absolute atomic E-state index is 0.139. The first-order valence-corrected chi connectivity index (χ1v) is 5.84. The second-order valence-electron chi connectivity index (χ2n) is 3.92. The molecule has 94 valence electrons. The van der Waals surface area contributed by atoms with Crippen molar-refractivity contribution in [1.29, 1.82) is 0 Å². The minimum atomic E-state index is -0.320. The Morgan fingerprint density at radius 2 is 2.22 bits per heavy atom. The van der Waals surface area contributed by atoms with Gasteiger partial charge in [-0.05, 0) is 19.1 Å². The van der Waals surface area contributed by atoms with Gasteiger partial charge in [-0.25, -0.2) is 4.68 Å². The van der Waals surface area contributed by atoms with E-state index in [1.54, 1.807) is 7.05 Å². The summed E-state index contributed by atoms with van der Waals surface area (Å²) in [6, 6.07) is 5.77. The van der Waals surface area contributed by atoms with Crippen LogP contribution in [0.1, 0.15) is 11.4 Å². The van der Waals surface area contributed by atoms with Gasteiger partial charge in [0.1, 0.15) is 5.02 Å². The lowest BCUT2D eigenvalue weighted by Crippen LogP contribution is -2.21. The summed E-state index contributed by atoms with van der Waals surface area (Å²) in [6.45, 7) is 2.42. The molecule has 0 fully saturated rings. The molecule has 2 aromatic rings. The maximum absolute atomic E-state index is 11.6. The lowest BCUT2D eigenvalue weighted by atomic mass is 10.3. The quantitative estimate of drug-likeness (QED) is 0.918. The zero-order chi connectivity index (χ0) is 13.1. The molecular weight excluding hydrogens is 252 g/mol. The number of aryl methyl sites for hydroxylation is 2. The van der Waals surface area contributed by atoms with Gasteiger partial charge in [-0.3, -0.25) is 9.78 Å². The van der Waals surface area contributed by atoms with E-state index < -0.39 is 0 Å². The summed E-state index contributed by atoms with van der Waals surface area (Å²) in [7, 11) is 1.56. The van der Waals surface area contributed by atoms with E-state index in [1.807, 2.05) is 25.1 Å². The molecule has 5 nitrogen and oxygen atoms in total. The largest absolute Gasteiger partial charge is 0.377 e. The lowest BCUT2D eigenvalue weighted by Gasteiger charge is -2.08. The maximum Gasteiger partial charge on any atom is 0.287 e. The number of pyridine rings is 1. The van der Waals surface area contributed by atoms with E-state index >= 15 is 0 Å². The van der Waals surface area contributed by atoms with Crippen LogP contribution in [0.3, 0.4) is 0 Å². The highest BCUT2D eigenvalue weighted by atomic mass is 35.5. The summed E-state index contributed by atoms with van der Waals surface area (Å²) in [5.41, 5.74) is 2.02. The molecule has 0 unspecified atom stereocenters. The summed E-state index contributed by atoms with van der Waals surface area (Å²) in [4.78, 5) is 15.9. The fourth-order valence-electron chi connectivity index (χ4n) is 1.52. The van der Waals surface area contributed by atoms with Crippen molar-refractivity contribution in [1.82, 2.24) is 14.8 Å². The Hall–Kier alpha value is -1.88. The van der Waals surface area contributed by atoms with Crippen LogP contribution in [-0.4, -0.2) is 14.8 Å². The van der Waals surface area contributed by atoms with Crippen molar-refractivity contribution < 1.29 is 0 Å². The number of nitrogens with zero attached hydrogens (tertiary/aromatic N) is 3. The topological polar surface area (TPSA) is 59.8 Å². The Balaban J connectivity index is 2.16. The molecule has 0 atom stereocenters. The van der Waals surface area contributed by atoms with E-state index in [0.717, 1.165) is 11.4 Å². The van der Waals surface area contributed by atoms with Crippen LogP contribution in [0.4, 0.5) is 5.69 Å². The Bertz CT molecular complexity index is 624. The van der Waals surface area contributed by atoms with Crippen molar-refractivity contribution in [2.45, 2.75) is 13.5 Å². The van der Waals surface area contributed by atoms with Crippen molar-refractivity contribution in [3.8, 4) is 0 Å². The zero-order valence-electron chi connectivity index (χ0n) is 10.1. The first-order chi connectivity index (χ1) is 8.58. The zero-order valence-corrected chi connectivity index (χ0v) is 10.9. The Morgan fingerprint density at radius 1 is 1.44 bits per heavy atom. The van der Waals surface area contributed by atoms with Crippen LogP contribution in [0, 0.1) is 6.92 Å². The second-order valence-corrected chi connectivity index (χ2v) is 4.30. The minimum Gasteiger partial charge on any atom is -0.377 e. The van der Waals surface area contributed by atoms with E-state index in [2.05, 4.69) is 15.4 Å². The van der Waals surface area contributed by atoms with E-state index in [0.29, 0.717) is 12.2 Å². The molecule has 0 bridgehead atoms. The fourth-order valence-corrected chi connectivity index (χ4v) is 1.76. The summed E-state index contributed by atoms with van der Waals surface area (Å²) >= 11 is 5.94. The molecule has 0 aromatic carbocycles. The van der Waals surface area contributed by atoms with Crippen LogP contribution in [0.2, 0.25) is 5.02 Å². The van der Waals surface area contributed by atoms with Gasteiger partial charge in [-0.15, -0.1) is 0 Å². The van der Waals surface area contributed by atoms with Crippen LogP contribution < -0.4 is 10.9 Å². The van der Waals surface area contributed by atoms with Crippen LogP contribution >= 0.6 is 11.6 Å². The molecule has 0 radical (unpaired) electrons. The number of rotatable bonds is 3. The third-order valence-electron chi connectivity index (χ3n) is 2.48. The summed E-state index contributed by atoms with van der Waals surface area (Å²) in [5, 5.41) is 7.10. The number of aromatic nitrogens is 3. The summed E-state index contributed by atoms with van der Waals surface area (Å²) in [5.74, 6) is 0. The average Bonchev–Trinajstić information content (AvgIpc) is 2.35. The lowest BCUT2D eigenvalue weighted by molar-refractivity contribution is 0.708. The summed E-state index contributed by atoms with van der Waals surface area (Å²) < 4.78 is 1.19. The van der Waals surface area contributed by atoms with Crippen LogP contribution in [0.5, 0.6) is 0 Å². The molecule has 2 aromatic heterocycles. The van der Waals surface area contributed by atoms with Gasteiger partial charge in [0, 0.05) is 12.7 Å². The van der Waals surface area contributed by atoms with Gasteiger partial charge in [-0.2, -0.15) is 5.10 Å². The highest BCUT2D eigenvalue weighted by molar-refractivity contribution is 6.32. The van der Waals surface area contributed by atoms with Gasteiger partial charge in [-0.1, -0.05) is 17.7 Å². The van der Waals surface area contributed by atoms with Crippen molar-refractivity contribution in [3.63, 3.8) is 0 Å². The SMILES string of the molecule is Cc1cccc(CNc2cnn(C)c(=O)c2Cl)n1. The standard InChI is InChI=1S/C12H13ClN4O/c1-8-4-3-5-9(16-8)6-14-10-7-15-17(2)12(18)11(10)13/h3-5,7,14H,6H2,1-2H3. The third kappa shape index (κ3) is 2.68. The van der Waals surface area contributed by atoms with Crippen molar-refractivity contribution in [2.75, 3.05) is 5.32 Å². The number of hydrogen-bond donors (Lipinski definition) is 1. The predicted molar refractivity (Wildman–Crippen MR) is 70.8 cm³/mol. The van der Waals surface area contributed by atoms with Gasteiger partial charge in [0.15, 0.2) is 0 Å². The van der Waals surface area contributed by atoms with E-state index in [-0.39, 0.29) is 10.6 Å². The van der Waals surface area contributed by atoms with Gasteiger partial charge in [0.05, 0.1) is 24.1 Å². The number of hydrogen-bond acceptors (Lipinski definition) is 4. The normalized spacial score (nSPS) is 10.4. The smallest absolute Gasteiger partial charge is 0.287 e. The monoisotopic (exact) mass is 264 g/mol. The van der Waals surface area contributed by atoms with Gasteiger partial charge >= 0.3 is 0 Å². The van der Waals surface area contributed by atoms with Crippen LogP contribution in [0.15, 0.2) is 29.2 Å². The molecule has 2 heterocycles. The van der Waals surface area contributed by atoms with Gasteiger partial charge in [0.25, 0.3) is 5.56 Å². The Morgan fingerprint density at radius 3 is 2.94 bits per heavy atom. The molecule has 1 N–H and O–H groups in total. The Kier molecular flexibility index (Phi) is 3.62. The first kappa shape index (κ1) is 12.6. The van der Waals surface area contributed by atoms with Gasteiger partial charge in [0.2, 0.25) is 0 Å².